The Balaban J connectivity index is 3.02. The van der Waals surface area contributed by atoms with Gasteiger partial charge in [-0.1, -0.05) is 6.07 Å². The van der Waals surface area contributed by atoms with Gasteiger partial charge in [0.2, 0.25) is 0 Å². The van der Waals surface area contributed by atoms with E-state index in [0.29, 0.717) is 0 Å². The summed E-state index contributed by atoms with van der Waals surface area (Å²) in [4.78, 5) is 1.06. The minimum absolute atomic E-state index is 0.102. The molecule has 0 saturated carbocycles. The molecule has 0 N–H and O–H groups in total. The van der Waals surface area contributed by atoms with Gasteiger partial charge in [0.15, 0.2) is 0 Å². The minimum Gasteiger partial charge on any atom is -0.205 e. The van der Waals surface area contributed by atoms with E-state index in [1.54, 1.807) is 17.8 Å². The molecule has 0 saturated heterocycles. The first-order valence-electron chi connectivity index (χ1n) is 3.58. The average Bonchev–Trinajstić information content (AvgIpc) is 2.04. The van der Waals surface area contributed by atoms with Crippen LogP contribution in [0.2, 0.25) is 0 Å². The molecule has 1 aromatic rings. The van der Waals surface area contributed by atoms with Crippen molar-refractivity contribution < 1.29 is 8.78 Å². The monoisotopic (exact) mass is 188 g/mol. The first-order valence-corrected chi connectivity index (χ1v) is 4.80. The summed E-state index contributed by atoms with van der Waals surface area (Å²) >= 11 is 1.57. The average molecular weight is 188 g/mol. The van der Waals surface area contributed by atoms with Crippen molar-refractivity contribution >= 4 is 11.8 Å². The van der Waals surface area contributed by atoms with Gasteiger partial charge in [0.1, 0.15) is 0 Å². The second kappa shape index (κ2) is 3.90. The van der Waals surface area contributed by atoms with Crippen molar-refractivity contribution in [3.05, 3.63) is 29.3 Å². The lowest BCUT2D eigenvalue weighted by Crippen LogP contribution is -1.86. The Kier molecular flexibility index (Phi) is 3.09. The Morgan fingerprint density at radius 3 is 2.42 bits per heavy atom. The van der Waals surface area contributed by atoms with E-state index < -0.39 is 6.43 Å². The molecule has 0 fully saturated rings. The molecule has 0 radical (unpaired) electrons. The molecular weight excluding hydrogens is 178 g/mol. The normalized spacial score (nSPS) is 10.8. The summed E-state index contributed by atoms with van der Waals surface area (Å²) in [6.45, 7) is 1.84. The molecular formula is C9H10F2S. The summed E-state index contributed by atoms with van der Waals surface area (Å²) in [6.07, 6.45) is -0.427. The van der Waals surface area contributed by atoms with Crippen LogP contribution in [-0.4, -0.2) is 6.26 Å². The fourth-order valence-corrected chi connectivity index (χ4v) is 1.62. The zero-order valence-corrected chi connectivity index (χ0v) is 7.79. The van der Waals surface area contributed by atoms with Gasteiger partial charge in [0, 0.05) is 10.5 Å². The van der Waals surface area contributed by atoms with Crippen LogP contribution in [0.15, 0.2) is 23.1 Å². The van der Waals surface area contributed by atoms with E-state index in [4.69, 9.17) is 0 Å². The zero-order valence-electron chi connectivity index (χ0n) is 6.97. The molecule has 1 aromatic carbocycles. The number of benzene rings is 1. The second-order valence-corrected chi connectivity index (χ2v) is 3.38. The Morgan fingerprint density at radius 2 is 2.00 bits per heavy atom. The zero-order chi connectivity index (χ0) is 9.14. The lowest BCUT2D eigenvalue weighted by atomic mass is 10.1. The number of hydrogen-bond acceptors (Lipinski definition) is 1. The summed E-state index contributed by atoms with van der Waals surface area (Å²) in [6, 6.07) is 4.75. The molecule has 0 spiro atoms. The maximum atomic E-state index is 12.2. The summed E-state index contributed by atoms with van der Waals surface area (Å²) in [7, 11) is 0. The van der Waals surface area contributed by atoms with Crippen molar-refractivity contribution in [1.29, 1.82) is 0 Å². The third kappa shape index (κ3) is 1.97. The van der Waals surface area contributed by atoms with Gasteiger partial charge in [-0.25, -0.2) is 8.78 Å². The van der Waals surface area contributed by atoms with Crippen molar-refractivity contribution in [1.82, 2.24) is 0 Å². The van der Waals surface area contributed by atoms with Crippen LogP contribution < -0.4 is 0 Å². The molecule has 0 aliphatic carbocycles. The van der Waals surface area contributed by atoms with Gasteiger partial charge in [-0.2, -0.15) is 0 Å². The number of halogens is 2. The SMILES string of the molecule is CSc1ccc(C(F)F)cc1C. The number of rotatable bonds is 2. The molecule has 0 unspecified atom stereocenters. The standard InChI is InChI=1S/C9H10F2S/c1-6-5-7(9(10)11)3-4-8(6)12-2/h3-5,9H,1-2H3. The highest BCUT2D eigenvalue weighted by molar-refractivity contribution is 7.98. The van der Waals surface area contributed by atoms with E-state index in [0.717, 1.165) is 10.5 Å². The minimum atomic E-state index is -2.36. The molecule has 1 rings (SSSR count). The van der Waals surface area contributed by atoms with E-state index in [2.05, 4.69) is 0 Å². The third-order valence-electron chi connectivity index (χ3n) is 1.67. The van der Waals surface area contributed by atoms with Crippen LogP contribution >= 0.6 is 11.8 Å². The number of thioether (sulfide) groups is 1. The van der Waals surface area contributed by atoms with Crippen LogP contribution in [0.25, 0.3) is 0 Å². The molecule has 0 nitrogen and oxygen atoms in total. The van der Waals surface area contributed by atoms with Crippen LogP contribution in [0.4, 0.5) is 8.78 Å². The van der Waals surface area contributed by atoms with Crippen molar-refractivity contribution in [2.24, 2.45) is 0 Å². The van der Waals surface area contributed by atoms with Crippen LogP contribution in [-0.2, 0) is 0 Å². The van der Waals surface area contributed by atoms with E-state index in [1.165, 1.54) is 12.1 Å². The van der Waals surface area contributed by atoms with E-state index >= 15 is 0 Å². The van der Waals surface area contributed by atoms with E-state index in [-0.39, 0.29) is 5.56 Å². The number of alkyl halides is 2. The smallest absolute Gasteiger partial charge is 0.205 e. The van der Waals surface area contributed by atoms with Crippen molar-refractivity contribution in [3.63, 3.8) is 0 Å². The first-order chi connectivity index (χ1) is 5.65. The summed E-state index contributed by atoms with van der Waals surface area (Å²) in [5.74, 6) is 0. The quantitative estimate of drug-likeness (QED) is 0.638. The van der Waals surface area contributed by atoms with Crippen molar-refractivity contribution in [2.45, 2.75) is 18.2 Å². The molecule has 3 heteroatoms. The van der Waals surface area contributed by atoms with Gasteiger partial charge in [-0.15, -0.1) is 11.8 Å². The summed E-state index contributed by atoms with van der Waals surface area (Å²) in [5, 5.41) is 0. The predicted molar refractivity (Wildman–Crippen MR) is 47.9 cm³/mol. The van der Waals surface area contributed by atoms with Crippen LogP contribution in [0.5, 0.6) is 0 Å². The lowest BCUT2D eigenvalue weighted by molar-refractivity contribution is 0.151. The van der Waals surface area contributed by atoms with E-state index in [1.807, 2.05) is 13.2 Å². The largest absolute Gasteiger partial charge is 0.263 e. The third-order valence-corrected chi connectivity index (χ3v) is 2.57. The Morgan fingerprint density at radius 1 is 1.33 bits per heavy atom. The molecule has 0 heterocycles. The molecule has 12 heavy (non-hydrogen) atoms. The summed E-state index contributed by atoms with van der Waals surface area (Å²) in [5.41, 5.74) is 1.02. The molecule has 0 aliphatic heterocycles. The molecule has 66 valence electrons. The predicted octanol–water partition coefficient (Wildman–Crippen LogP) is 3.65. The van der Waals surface area contributed by atoms with Crippen LogP contribution in [0.3, 0.4) is 0 Å². The fraction of sp³-hybridized carbons (Fsp3) is 0.333. The number of hydrogen-bond donors (Lipinski definition) is 0. The molecule has 0 aromatic heterocycles. The Bertz CT molecular complexity index is 271. The highest BCUT2D eigenvalue weighted by Gasteiger charge is 2.07. The molecule has 0 aliphatic rings. The molecule has 0 amide bonds. The highest BCUT2D eigenvalue weighted by atomic mass is 32.2. The van der Waals surface area contributed by atoms with Gasteiger partial charge in [-0.05, 0) is 30.9 Å². The van der Waals surface area contributed by atoms with Gasteiger partial charge >= 0.3 is 0 Å². The highest BCUT2D eigenvalue weighted by Crippen LogP contribution is 2.25. The first kappa shape index (κ1) is 9.52. The summed E-state index contributed by atoms with van der Waals surface area (Å²) < 4.78 is 24.4. The lowest BCUT2D eigenvalue weighted by Gasteiger charge is -2.04. The Labute approximate surface area is 75.0 Å². The van der Waals surface area contributed by atoms with Gasteiger partial charge in [0.25, 0.3) is 6.43 Å². The topological polar surface area (TPSA) is 0 Å². The van der Waals surface area contributed by atoms with Gasteiger partial charge in [-0.3, -0.25) is 0 Å². The second-order valence-electron chi connectivity index (χ2n) is 2.53. The van der Waals surface area contributed by atoms with Crippen LogP contribution in [0, 0.1) is 6.92 Å². The maximum Gasteiger partial charge on any atom is 0.263 e. The maximum absolute atomic E-state index is 12.2. The van der Waals surface area contributed by atoms with Crippen LogP contribution in [0.1, 0.15) is 17.6 Å². The van der Waals surface area contributed by atoms with Crippen molar-refractivity contribution in [3.8, 4) is 0 Å². The Hall–Kier alpha value is -0.570. The number of aryl methyl sites for hydroxylation is 1. The molecule has 0 bridgehead atoms. The fourth-order valence-electron chi connectivity index (χ4n) is 1.04. The van der Waals surface area contributed by atoms with Crippen molar-refractivity contribution in [2.75, 3.05) is 6.26 Å². The molecule has 0 atom stereocenters. The van der Waals surface area contributed by atoms with Gasteiger partial charge < -0.3 is 0 Å². The van der Waals surface area contributed by atoms with E-state index in [9.17, 15) is 8.78 Å². The van der Waals surface area contributed by atoms with Gasteiger partial charge in [0.05, 0.1) is 0 Å².